The van der Waals surface area contributed by atoms with Gasteiger partial charge in [0.2, 0.25) is 15.9 Å². The van der Waals surface area contributed by atoms with Crippen LogP contribution in [0.2, 0.25) is 0 Å². The summed E-state index contributed by atoms with van der Waals surface area (Å²) in [5, 5.41) is 3.17. The molecule has 1 aromatic rings. The lowest BCUT2D eigenvalue weighted by Crippen LogP contribution is -2.50. The van der Waals surface area contributed by atoms with Crippen molar-refractivity contribution in [2.24, 2.45) is 11.7 Å². The number of primary amides is 1. The van der Waals surface area contributed by atoms with Gasteiger partial charge in [-0.2, -0.15) is 0 Å². The fourth-order valence-corrected chi connectivity index (χ4v) is 4.33. The van der Waals surface area contributed by atoms with E-state index < -0.39 is 15.9 Å². The molecule has 21 heavy (non-hydrogen) atoms. The van der Waals surface area contributed by atoms with Crippen LogP contribution < -0.4 is 15.8 Å². The number of benzene rings is 1. The van der Waals surface area contributed by atoms with Gasteiger partial charge >= 0.3 is 0 Å². The van der Waals surface area contributed by atoms with Gasteiger partial charge in [-0.05, 0) is 37.1 Å². The Labute approximate surface area is 132 Å². The summed E-state index contributed by atoms with van der Waals surface area (Å²) < 4.78 is 28.1. The van der Waals surface area contributed by atoms with E-state index in [1.165, 1.54) is 18.2 Å². The normalized spacial score (nSPS) is 23.0. The Bertz CT molecular complexity index is 648. The maximum absolute atomic E-state index is 12.5. The SMILES string of the molecule is CC1CCNCC1NS(=O)(=O)c1cc(Br)cc(C(N)=O)c1. The summed E-state index contributed by atoms with van der Waals surface area (Å²) in [6.45, 7) is 3.50. The molecule has 1 fully saturated rings. The van der Waals surface area contributed by atoms with Gasteiger partial charge in [-0.1, -0.05) is 22.9 Å². The van der Waals surface area contributed by atoms with E-state index in [1.54, 1.807) is 0 Å². The Morgan fingerprint density at radius 1 is 1.43 bits per heavy atom. The van der Waals surface area contributed by atoms with Crippen molar-refractivity contribution >= 4 is 31.9 Å². The van der Waals surface area contributed by atoms with E-state index in [2.05, 4.69) is 26.0 Å². The van der Waals surface area contributed by atoms with Crippen LogP contribution in [-0.4, -0.2) is 33.5 Å². The summed E-state index contributed by atoms with van der Waals surface area (Å²) in [7, 11) is -3.70. The fraction of sp³-hybridized carbons (Fsp3) is 0.462. The molecule has 6 nitrogen and oxygen atoms in total. The number of nitrogens with one attached hydrogen (secondary N) is 2. The molecule has 116 valence electrons. The molecule has 0 aliphatic carbocycles. The number of sulfonamides is 1. The number of amides is 1. The molecular formula is C13H18BrN3O3S. The van der Waals surface area contributed by atoms with Crippen LogP contribution in [0.25, 0.3) is 0 Å². The first-order valence-electron chi connectivity index (χ1n) is 6.63. The Morgan fingerprint density at radius 3 is 2.76 bits per heavy atom. The van der Waals surface area contributed by atoms with Gasteiger partial charge in [0.15, 0.2) is 0 Å². The van der Waals surface area contributed by atoms with Crippen molar-refractivity contribution in [3.63, 3.8) is 0 Å². The van der Waals surface area contributed by atoms with E-state index in [9.17, 15) is 13.2 Å². The van der Waals surface area contributed by atoms with Crippen molar-refractivity contribution in [3.8, 4) is 0 Å². The minimum Gasteiger partial charge on any atom is -0.366 e. The zero-order chi connectivity index (χ0) is 15.6. The van der Waals surface area contributed by atoms with E-state index >= 15 is 0 Å². The molecule has 2 atom stereocenters. The number of piperidine rings is 1. The van der Waals surface area contributed by atoms with Crippen LogP contribution in [-0.2, 0) is 10.0 Å². The first-order valence-corrected chi connectivity index (χ1v) is 8.90. The molecule has 1 amide bonds. The lowest BCUT2D eigenvalue weighted by atomic mass is 9.96. The molecule has 1 saturated heterocycles. The van der Waals surface area contributed by atoms with Crippen LogP contribution in [0, 0.1) is 5.92 Å². The molecule has 1 aliphatic rings. The van der Waals surface area contributed by atoms with Crippen LogP contribution in [0.5, 0.6) is 0 Å². The Balaban J connectivity index is 2.28. The van der Waals surface area contributed by atoms with Gasteiger partial charge in [0.05, 0.1) is 4.90 Å². The van der Waals surface area contributed by atoms with Crippen molar-refractivity contribution in [1.82, 2.24) is 10.0 Å². The molecule has 0 aromatic heterocycles. The largest absolute Gasteiger partial charge is 0.366 e. The summed E-state index contributed by atoms with van der Waals surface area (Å²) in [6.07, 6.45) is 0.915. The van der Waals surface area contributed by atoms with Gasteiger partial charge in [0.25, 0.3) is 0 Å². The van der Waals surface area contributed by atoms with Crippen molar-refractivity contribution in [3.05, 3.63) is 28.2 Å². The van der Waals surface area contributed by atoms with E-state index in [0.29, 0.717) is 11.0 Å². The first kappa shape index (κ1) is 16.4. The third kappa shape index (κ3) is 4.03. The van der Waals surface area contributed by atoms with Crippen LogP contribution in [0.15, 0.2) is 27.6 Å². The molecule has 0 bridgehead atoms. The van der Waals surface area contributed by atoms with Crippen molar-refractivity contribution in [1.29, 1.82) is 0 Å². The molecule has 2 unspecified atom stereocenters. The van der Waals surface area contributed by atoms with Gasteiger partial charge in [-0.15, -0.1) is 0 Å². The van der Waals surface area contributed by atoms with Gasteiger partial charge in [0, 0.05) is 22.6 Å². The van der Waals surface area contributed by atoms with Gasteiger partial charge in [-0.25, -0.2) is 13.1 Å². The molecule has 0 radical (unpaired) electrons. The average Bonchev–Trinajstić information content (AvgIpc) is 2.40. The van der Waals surface area contributed by atoms with Crippen molar-refractivity contribution < 1.29 is 13.2 Å². The van der Waals surface area contributed by atoms with Gasteiger partial charge in [-0.3, -0.25) is 4.79 Å². The van der Waals surface area contributed by atoms with Crippen LogP contribution in [0.1, 0.15) is 23.7 Å². The predicted octanol–water partition coefficient (Wildman–Crippen LogP) is 0.824. The molecule has 1 aliphatic heterocycles. The number of halogens is 1. The minimum atomic E-state index is -3.70. The van der Waals surface area contributed by atoms with Gasteiger partial charge < -0.3 is 11.1 Å². The van der Waals surface area contributed by atoms with Crippen molar-refractivity contribution in [2.45, 2.75) is 24.3 Å². The van der Waals surface area contributed by atoms with Crippen molar-refractivity contribution in [2.75, 3.05) is 13.1 Å². The summed E-state index contributed by atoms with van der Waals surface area (Å²) in [4.78, 5) is 11.3. The second-order valence-corrected chi connectivity index (χ2v) is 7.87. The number of hydrogen-bond acceptors (Lipinski definition) is 4. The second-order valence-electron chi connectivity index (χ2n) is 5.24. The monoisotopic (exact) mass is 375 g/mol. The summed E-state index contributed by atoms with van der Waals surface area (Å²) >= 11 is 3.20. The second kappa shape index (κ2) is 6.43. The molecule has 0 saturated carbocycles. The summed E-state index contributed by atoms with van der Waals surface area (Å²) in [5.74, 6) is -0.413. The number of nitrogens with two attached hydrogens (primary N) is 1. The molecule has 4 N–H and O–H groups in total. The Hall–Kier alpha value is -0.960. The fourth-order valence-electron chi connectivity index (χ4n) is 2.27. The Kier molecular flexibility index (Phi) is 5.03. The van der Waals surface area contributed by atoms with Gasteiger partial charge in [0.1, 0.15) is 0 Å². The highest BCUT2D eigenvalue weighted by atomic mass is 79.9. The zero-order valence-corrected chi connectivity index (χ0v) is 14.0. The Morgan fingerprint density at radius 2 is 2.14 bits per heavy atom. The highest BCUT2D eigenvalue weighted by Gasteiger charge is 2.27. The van der Waals surface area contributed by atoms with E-state index in [1.807, 2.05) is 6.92 Å². The average molecular weight is 376 g/mol. The van der Waals surface area contributed by atoms with E-state index in [0.717, 1.165) is 13.0 Å². The standard InChI is InChI=1S/C13H18BrN3O3S/c1-8-2-3-16-7-12(8)17-21(19,20)11-5-9(13(15)18)4-10(14)6-11/h4-6,8,12,16-17H,2-3,7H2,1H3,(H2,15,18). The maximum atomic E-state index is 12.5. The van der Waals surface area contributed by atoms with E-state index in [4.69, 9.17) is 5.73 Å². The lowest BCUT2D eigenvalue weighted by Gasteiger charge is -2.30. The molecular weight excluding hydrogens is 358 g/mol. The predicted molar refractivity (Wildman–Crippen MR) is 83.4 cm³/mol. The van der Waals surface area contributed by atoms with Crippen LogP contribution >= 0.6 is 15.9 Å². The highest BCUT2D eigenvalue weighted by Crippen LogP contribution is 2.21. The lowest BCUT2D eigenvalue weighted by molar-refractivity contribution is 0.1000. The summed E-state index contributed by atoms with van der Waals surface area (Å²) in [6, 6.07) is 4.07. The quantitative estimate of drug-likeness (QED) is 0.724. The number of rotatable bonds is 4. The molecule has 1 aromatic carbocycles. The third-order valence-electron chi connectivity index (χ3n) is 3.60. The van der Waals surface area contributed by atoms with Crippen LogP contribution in [0.3, 0.4) is 0 Å². The first-order chi connectivity index (χ1) is 9.79. The third-order valence-corrected chi connectivity index (χ3v) is 5.53. The number of carbonyl (C=O) groups excluding carboxylic acids is 1. The molecule has 1 heterocycles. The van der Waals surface area contributed by atoms with Crippen LogP contribution in [0.4, 0.5) is 0 Å². The number of hydrogen-bond donors (Lipinski definition) is 3. The topological polar surface area (TPSA) is 101 Å². The smallest absolute Gasteiger partial charge is 0.248 e. The highest BCUT2D eigenvalue weighted by molar-refractivity contribution is 9.10. The minimum absolute atomic E-state index is 0.0310. The maximum Gasteiger partial charge on any atom is 0.248 e. The van der Waals surface area contributed by atoms with E-state index in [-0.39, 0.29) is 22.4 Å². The molecule has 0 spiro atoms. The number of carbonyl (C=O) groups is 1. The zero-order valence-electron chi connectivity index (χ0n) is 11.6. The molecule has 8 heteroatoms. The summed E-state index contributed by atoms with van der Waals surface area (Å²) in [5.41, 5.74) is 5.37. The molecule has 2 rings (SSSR count).